The number of aromatic nitrogens is 1. The fourth-order valence-electron chi connectivity index (χ4n) is 4.84. The van der Waals surface area contributed by atoms with E-state index in [-0.39, 0.29) is 16.8 Å². The number of benzene rings is 1. The maximum absolute atomic E-state index is 13.4. The molecule has 4 atom stereocenters. The van der Waals surface area contributed by atoms with E-state index in [1.807, 2.05) is 0 Å². The standard InChI is InChI=1S/C20H19F3N2O4/c1-9-17(2)13-14(19(4,29-17)18(9,3)28)16(27)25(15(13)26)10-6-7-12(24-5)11(8-10)20(21,22)23/h6-9,26-28H,1-4H3/t9-,17?,18+,19?/m1/s1. The number of aliphatic hydroxyl groups is 1. The molecule has 2 aromatic rings. The number of nitrogens with zero attached hydrogens (tertiary/aromatic N) is 2. The van der Waals surface area contributed by atoms with Gasteiger partial charge in [0.25, 0.3) is 0 Å². The van der Waals surface area contributed by atoms with Crippen LogP contribution < -0.4 is 0 Å². The van der Waals surface area contributed by atoms with Crippen LogP contribution in [0.5, 0.6) is 11.8 Å². The minimum atomic E-state index is -4.78. The third-order valence-corrected chi connectivity index (χ3v) is 6.81. The van der Waals surface area contributed by atoms with Crippen LogP contribution in [0.1, 0.15) is 44.4 Å². The quantitative estimate of drug-likeness (QED) is 0.614. The van der Waals surface area contributed by atoms with Crippen molar-refractivity contribution in [3.05, 3.63) is 46.3 Å². The van der Waals surface area contributed by atoms with Crippen LogP contribution in [0.4, 0.5) is 18.9 Å². The predicted octanol–water partition coefficient (Wildman–Crippen LogP) is 4.32. The Bertz CT molecular complexity index is 1100. The lowest BCUT2D eigenvalue weighted by Gasteiger charge is -2.39. The Kier molecular flexibility index (Phi) is 3.56. The first-order chi connectivity index (χ1) is 13.2. The van der Waals surface area contributed by atoms with Crippen LogP contribution in [0.15, 0.2) is 18.2 Å². The molecule has 2 bridgehead atoms. The molecule has 3 N–H and O–H groups in total. The highest BCUT2D eigenvalue weighted by atomic mass is 19.4. The predicted molar refractivity (Wildman–Crippen MR) is 95.9 cm³/mol. The van der Waals surface area contributed by atoms with Crippen LogP contribution >= 0.6 is 0 Å². The molecule has 1 fully saturated rings. The largest absolute Gasteiger partial charge is 0.494 e. The van der Waals surface area contributed by atoms with Gasteiger partial charge in [-0.15, -0.1) is 0 Å². The zero-order chi connectivity index (χ0) is 21.7. The number of ether oxygens (including phenoxy) is 1. The number of fused-ring (bicyclic) bond motifs is 5. The summed E-state index contributed by atoms with van der Waals surface area (Å²) in [4.78, 5) is 2.89. The van der Waals surface area contributed by atoms with Crippen molar-refractivity contribution in [3.8, 4) is 17.4 Å². The summed E-state index contributed by atoms with van der Waals surface area (Å²) < 4.78 is 47.1. The number of hydrogen-bond acceptors (Lipinski definition) is 4. The molecular weight excluding hydrogens is 389 g/mol. The van der Waals surface area contributed by atoms with E-state index in [0.29, 0.717) is 6.07 Å². The molecule has 29 heavy (non-hydrogen) atoms. The topological polar surface area (TPSA) is 79.2 Å². The summed E-state index contributed by atoms with van der Waals surface area (Å²) >= 11 is 0. The Hall–Kier alpha value is -2.70. The SMILES string of the molecule is [C-]#[N+]c1ccc(-n2c(O)c3c(c2O)C2(C)OC3(C)[C@@H](C)[C@]2(C)O)cc1C(F)(F)F. The molecule has 1 aromatic heterocycles. The number of aromatic hydroxyl groups is 2. The summed E-state index contributed by atoms with van der Waals surface area (Å²) in [5.74, 6) is -1.45. The molecule has 2 aliphatic heterocycles. The van der Waals surface area contributed by atoms with Gasteiger partial charge in [-0.2, -0.15) is 13.2 Å². The number of halogens is 3. The molecule has 3 heterocycles. The molecule has 6 nitrogen and oxygen atoms in total. The Morgan fingerprint density at radius 1 is 1.14 bits per heavy atom. The van der Waals surface area contributed by atoms with Gasteiger partial charge in [0.05, 0.1) is 28.9 Å². The fourth-order valence-corrected chi connectivity index (χ4v) is 4.84. The van der Waals surface area contributed by atoms with Crippen molar-refractivity contribution in [2.24, 2.45) is 5.92 Å². The molecule has 0 aliphatic carbocycles. The van der Waals surface area contributed by atoms with E-state index in [9.17, 15) is 28.5 Å². The van der Waals surface area contributed by atoms with Crippen LogP contribution in [-0.4, -0.2) is 25.5 Å². The lowest BCUT2D eigenvalue weighted by Crippen LogP contribution is -2.50. The smallest absolute Gasteiger partial charge is 0.407 e. The lowest BCUT2D eigenvalue weighted by atomic mass is 9.64. The summed E-state index contributed by atoms with van der Waals surface area (Å²) in [6.07, 6.45) is -4.78. The van der Waals surface area contributed by atoms with Gasteiger partial charge in [0.15, 0.2) is 5.69 Å². The van der Waals surface area contributed by atoms with Crippen molar-refractivity contribution >= 4 is 5.69 Å². The van der Waals surface area contributed by atoms with Crippen molar-refractivity contribution < 1.29 is 33.2 Å². The van der Waals surface area contributed by atoms with Gasteiger partial charge in [0.2, 0.25) is 11.8 Å². The minimum Gasteiger partial charge on any atom is -0.494 e. The average molecular weight is 408 g/mol. The van der Waals surface area contributed by atoms with Crippen LogP contribution in [-0.2, 0) is 22.1 Å². The average Bonchev–Trinajstić information content (AvgIpc) is 3.09. The van der Waals surface area contributed by atoms with E-state index in [2.05, 4.69) is 4.85 Å². The first-order valence-corrected chi connectivity index (χ1v) is 8.91. The molecule has 2 unspecified atom stereocenters. The van der Waals surface area contributed by atoms with E-state index in [4.69, 9.17) is 11.3 Å². The van der Waals surface area contributed by atoms with Crippen LogP contribution in [0, 0.1) is 12.5 Å². The summed E-state index contributed by atoms with van der Waals surface area (Å²) in [6, 6.07) is 2.91. The number of alkyl halides is 3. The highest BCUT2D eigenvalue weighted by Gasteiger charge is 2.73. The molecule has 9 heteroatoms. The van der Waals surface area contributed by atoms with Gasteiger partial charge in [0.1, 0.15) is 16.8 Å². The normalized spacial score (nSPS) is 33.0. The Labute approximate surface area is 164 Å². The highest BCUT2D eigenvalue weighted by molar-refractivity contribution is 5.65. The molecule has 0 amide bonds. The third-order valence-electron chi connectivity index (χ3n) is 6.81. The van der Waals surface area contributed by atoms with Gasteiger partial charge in [-0.1, -0.05) is 13.0 Å². The molecule has 1 saturated heterocycles. The number of rotatable bonds is 1. The van der Waals surface area contributed by atoms with E-state index in [1.54, 1.807) is 27.7 Å². The van der Waals surface area contributed by atoms with Gasteiger partial charge < -0.3 is 20.1 Å². The first kappa shape index (κ1) is 19.6. The van der Waals surface area contributed by atoms with Crippen molar-refractivity contribution in [1.82, 2.24) is 4.57 Å². The van der Waals surface area contributed by atoms with E-state index >= 15 is 0 Å². The second-order valence-electron chi connectivity index (χ2n) is 8.16. The Balaban J connectivity index is 2.01. The zero-order valence-corrected chi connectivity index (χ0v) is 16.1. The fraction of sp³-hybridized carbons (Fsp3) is 0.450. The molecule has 154 valence electrons. The third kappa shape index (κ3) is 2.08. The summed E-state index contributed by atoms with van der Waals surface area (Å²) in [6.45, 7) is 13.5. The van der Waals surface area contributed by atoms with Gasteiger partial charge in [-0.3, -0.25) is 4.57 Å². The van der Waals surface area contributed by atoms with Gasteiger partial charge >= 0.3 is 6.18 Å². The van der Waals surface area contributed by atoms with E-state index in [1.165, 1.54) is 6.07 Å². The summed E-state index contributed by atoms with van der Waals surface area (Å²) in [7, 11) is 0. The van der Waals surface area contributed by atoms with Crippen LogP contribution in [0.2, 0.25) is 0 Å². The van der Waals surface area contributed by atoms with Gasteiger partial charge in [-0.05, 0) is 32.9 Å². The van der Waals surface area contributed by atoms with Crippen molar-refractivity contribution in [2.75, 3.05) is 0 Å². The molecule has 0 saturated carbocycles. The van der Waals surface area contributed by atoms with E-state index in [0.717, 1.165) is 10.6 Å². The molecule has 1 aromatic carbocycles. The van der Waals surface area contributed by atoms with Gasteiger partial charge in [-0.25, -0.2) is 4.85 Å². The molecule has 4 rings (SSSR count). The van der Waals surface area contributed by atoms with Gasteiger partial charge in [0, 0.05) is 5.92 Å². The molecule has 0 radical (unpaired) electrons. The second kappa shape index (κ2) is 5.26. The monoisotopic (exact) mass is 408 g/mol. The highest BCUT2D eigenvalue weighted by Crippen LogP contribution is 2.69. The maximum Gasteiger partial charge on any atom is 0.407 e. The van der Waals surface area contributed by atoms with Crippen LogP contribution in [0.3, 0.4) is 0 Å². The minimum absolute atomic E-state index is 0.142. The zero-order valence-electron chi connectivity index (χ0n) is 16.1. The maximum atomic E-state index is 13.4. The number of hydrogen-bond donors (Lipinski definition) is 3. The summed E-state index contributed by atoms with van der Waals surface area (Å²) in [5.41, 5.74) is -5.45. The summed E-state index contributed by atoms with van der Waals surface area (Å²) in [5, 5.41) is 32.8. The Morgan fingerprint density at radius 3 is 2.28 bits per heavy atom. The molecular formula is C20H19F3N2O4. The van der Waals surface area contributed by atoms with Crippen molar-refractivity contribution in [1.29, 1.82) is 0 Å². The van der Waals surface area contributed by atoms with Crippen LogP contribution in [0.25, 0.3) is 10.5 Å². The van der Waals surface area contributed by atoms with Crippen molar-refractivity contribution in [3.63, 3.8) is 0 Å². The molecule has 2 aliphatic rings. The second-order valence-corrected chi connectivity index (χ2v) is 8.16. The first-order valence-electron chi connectivity index (χ1n) is 8.91. The van der Waals surface area contributed by atoms with Crippen molar-refractivity contribution in [2.45, 2.75) is 50.7 Å². The molecule has 0 spiro atoms. The Morgan fingerprint density at radius 2 is 1.72 bits per heavy atom. The lowest BCUT2D eigenvalue weighted by molar-refractivity contribution is -0.136. The van der Waals surface area contributed by atoms with E-state index < -0.39 is 51.9 Å².